The van der Waals surface area contributed by atoms with Crippen molar-refractivity contribution in [2.45, 2.75) is 25.7 Å². The Kier molecular flexibility index (Phi) is 7.12. The number of nitrogens with zero attached hydrogens (tertiary/aromatic N) is 1. The minimum atomic E-state index is -3.47. The van der Waals surface area contributed by atoms with Gasteiger partial charge in [-0.3, -0.25) is 0 Å². The summed E-state index contributed by atoms with van der Waals surface area (Å²) in [7, 11) is -3.47. The third kappa shape index (κ3) is 5.33. The van der Waals surface area contributed by atoms with Crippen LogP contribution in [0.2, 0.25) is 0 Å². The Bertz CT molecular complexity index is 611. The average molecular weight is 305 g/mol. The highest BCUT2D eigenvalue weighted by Gasteiger charge is 2.22. The van der Waals surface area contributed by atoms with Gasteiger partial charge in [0.05, 0.1) is 4.90 Å². The predicted octanol–water partition coefficient (Wildman–Crippen LogP) is 3.69. The van der Waals surface area contributed by atoms with Crippen molar-refractivity contribution in [1.82, 2.24) is 4.31 Å². The lowest BCUT2D eigenvalue weighted by Crippen LogP contribution is -2.31. The Balaban J connectivity index is 3.01. The fourth-order valence-electron chi connectivity index (χ4n) is 1.72. The molecule has 0 saturated carbocycles. The van der Waals surface area contributed by atoms with E-state index in [1.165, 1.54) is 4.31 Å². The number of aryl methyl sites for hydroxylation is 1. The Morgan fingerprint density at radius 3 is 2.14 bits per heavy atom. The molecule has 0 bridgehead atoms. The highest BCUT2D eigenvalue weighted by Crippen LogP contribution is 2.16. The summed E-state index contributed by atoms with van der Waals surface area (Å²) >= 11 is 0. The van der Waals surface area contributed by atoms with Crippen LogP contribution in [0.1, 0.15) is 19.4 Å². The highest BCUT2D eigenvalue weighted by molar-refractivity contribution is 7.89. The quantitative estimate of drug-likeness (QED) is 0.569. The van der Waals surface area contributed by atoms with Crippen molar-refractivity contribution in [3.63, 3.8) is 0 Å². The van der Waals surface area contributed by atoms with Gasteiger partial charge in [0.2, 0.25) is 10.0 Å². The summed E-state index contributed by atoms with van der Waals surface area (Å²) in [5.74, 6) is 0. The third-order valence-corrected chi connectivity index (χ3v) is 4.80. The summed E-state index contributed by atoms with van der Waals surface area (Å²) < 4.78 is 26.8. The number of benzene rings is 1. The van der Waals surface area contributed by atoms with Gasteiger partial charge in [-0.25, -0.2) is 8.42 Å². The van der Waals surface area contributed by atoms with Gasteiger partial charge in [0.1, 0.15) is 0 Å². The molecule has 1 rings (SSSR count). The minimum absolute atomic E-state index is 0.331. The van der Waals surface area contributed by atoms with Gasteiger partial charge in [0.15, 0.2) is 0 Å². The normalized spacial score (nSPS) is 13.1. The van der Waals surface area contributed by atoms with Gasteiger partial charge in [-0.15, -0.1) is 0 Å². The molecule has 0 N–H and O–H groups in total. The van der Waals surface area contributed by atoms with Crippen molar-refractivity contribution in [3.8, 4) is 0 Å². The van der Waals surface area contributed by atoms with Crippen LogP contribution in [0.3, 0.4) is 0 Å². The van der Waals surface area contributed by atoms with Crippen LogP contribution >= 0.6 is 0 Å². The van der Waals surface area contributed by atoms with Crippen LogP contribution in [0, 0.1) is 6.92 Å². The number of rotatable bonds is 7. The molecule has 0 aromatic heterocycles. The lowest BCUT2D eigenvalue weighted by Gasteiger charge is -2.19. The fourth-order valence-corrected chi connectivity index (χ4v) is 3.06. The number of hydrogen-bond acceptors (Lipinski definition) is 2. The van der Waals surface area contributed by atoms with Gasteiger partial charge in [-0.2, -0.15) is 4.31 Å². The second-order valence-electron chi connectivity index (χ2n) is 4.66. The van der Waals surface area contributed by atoms with Crippen LogP contribution in [0.15, 0.2) is 65.6 Å². The van der Waals surface area contributed by atoms with E-state index in [0.717, 1.165) is 5.56 Å². The Labute approximate surface area is 128 Å². The summed E-state index contributed by atoms with van der Waals surface area (Å²) in [6, 6.07) is 6.94. The van der Waals surface area contributed by atoms with E-state index in [0.29, 0.717) is 18.0 Å². The van der Waals surface area contributed by atoms with Crippen molar-refractivity contribution in [3.05, 3.63) is 66.3 Å². The molecule has 0 saturated heterocycles. The summed E-state index contributed by atoms with van der Waals surface area (Å²) in [5.41, 5.74) is 1.04. The first kappa shape index (κ1) is 17.4. The van der Waals surface area contributed by atoms with Crippen LogP contribution in [0.25, 0.3) is 0 Å². The molecule has 0 atom stereocenters. The van der Waals surface area contributed by atoms with Crippen LogP contribution in [0.4, 0.5) is 0 Å². The minimum Gasteiger partial charge on any atom is -0.207 e. The lowest BCUT2D eigenvalue weighted by atomic mass is 10.2. The first-order chi connectivity index (χ1) is 10.0. The maximum absolute atomic E-state index is 12.7. The molecule has 0 spiro atoms. The maximum Gasteiger partial charge on any atom is 0.243 e. The van der Waals surface area contributed by atoms with Gasteiger partial charge in [0, 0.05) is 13.1 Å². The topological polar surface area (TPSA) is 37.4 Å². The molecule has 114 valence electrons. The molecule has 0 aliphatic heterocycles. The smallest absolute Gasteiger partial charge is 0.207 e. The summed E-state index contributed by atoms with van der Waals surface area (Å²) in [6.45, 7) is 6.46. The van der Waals surface area contributed by atoms with Crippen LogP contribution in [-0.4, -0.2) is 25.8 Å². The van der Waals surface area contributed by atoms with E-state index in [9.17, 15) is 8.42 Å². The Morgan fingerprint density at radius 2 is 1.57 bits per heavy atom. The van der Waals surface area contributed by atoms with Crippen LogP contribution in [0.5, 0.6) is 0 Å². The van der Waals surface area contributed by atoms with Gasteiger partial charge in [-0.1, -0.05) is 54.2 Å². The average Bonchev–Trinajstić information content (AvgIpc) is 2.46. The second-order valence-corrected chi connectivity index (χ2v) is 6.60. The molecule has 0 unspecified atom stereocenters. The van der Waals surface area contributed by atoms with E-state index >= 15 is 0 Å². The van der Waals surface area contributed by atoms with E-state index in [4.69, 9.17) is 0 Å². The molecule has 1 aromatic carbocycles. The molecule has 0 fully saturated rings. The molecular weight excluding hydrogens is 282 g/mol. The monoisotopic (exact) mass is 305 g/mol. The van der Waals surface area contributed by atoms with Crippen molar-refractivity contribution >= 4 is 10.0 Å². The molecular formula is C17H23NO2S. The number of sulfonamides is 1. The Morgan fingerprint density at radius 1 is 0.952 bits per heavy atom. The van der Waals surface area contributed by atoms with Gasteiger partial charge < -0.3 is 0 Å². The highest BCUT2D eigenvalue weighted by atomic mass is 32.2. The summed E-state index contributed by atoms with van der Waals surface area (Å²) in [5, 5.41) is 0. The molecule has 0 radical (unpaired) electrons. The Hall–Kier alpha value is -1.65. The zero-order valence-electron chi connectivity index (χ0n) is 12.9. The molecule has 0 aliphatic carbocycles. The fraction of sp³-hybridized carbons (Fsp3) is 0.294. The number of hydrogen-bond donors (Lipinski definition) is 0. The zero-order chi connectivity index (χ0) is 15.7. The van der Waals surface area contributed by atoms with E-state index in [-0.39, 0.29) is 0 Å². The van der Waals surface area contributed by atoms with E-state index < -0.39 is 10.0 Å². The van der Waals surface area contributed by atoms with Crippen LogP contribution in [-0.2, 0) is 10.0 Å². The van der Waals surface area contributed by atoms with E-state index in [2.05, 4.69) is 0 Å². The van der Waals surface area contributed by atoms with Crippen LogP contribution < -0.4 is 0 Å². The standard InChI is InChI=1S/C17H23NO2S/c1-4-6-8-9-15-18(14-7-5-2)21(19,20)17-12-10-16(3)11-13-17/h4-13H,14-15H2,1-3H3/b6-4+,7-5+,9-8+. The maximum atomic E-state index is 12.7. The van der Waals surface area contributed by atoms with Gasteiger partial charge in [0.25, 0.3) is 0 Å². The first-order valence-corrected chi connectivity index (χ1v) is 8.42. The van der Waals surface area contributed by atoms with Gasteiger partial charge >= 0.3 is 0 Å². The molecule has 4 heteroatoms. The first-order valence-electron chi connectivity index (χ1n) is 6.98. The molecule has 1 aromatic rings. The molecule has 0 aliphatic rings. The van der Waals surface area contributed by atoms with Crippen molar-refractivity contribution in [2.24, 2.45) is 0 Å². The van der Waals surface area contributed by atoms with Crippen molar-refractivity contribution in [2.75, 3.05) is 13.1 Å². The number of allylic oxidation sites excluding steroid dienone is 4. The SMILES string of the molecule is C/C=C/C=C/CN(C/C=C/C)S(=O)(=O)c1ccc(C)cc1. The van der Waals surface area contributed by atoms with Crippen molar-refractivity contribution in [1.29, 1.82) is 0 Å². The third-order valence-electron chi connectivity index (χ3n) is 2.95. The molecule has 21 heavy (non-hydrogen) atoms. The molecule has 0 amide bonds. The zero-order valence-corrected chi connectivity index (χ0v) is 13.7. The largest absolute Gasteiger partial charge is 0.243 e. The lowest BCUT2D eigenvalue weighted by molar-refractivity contribution is 0.473. The van der Waals surface area contributed by atoms with E-state index in [1.807, 2.05) is 69.4 Å². The molecule has 0 heterocycles. The molecule has 3 nitrogen and oxygen atoms in total. The summed E-state index contributed by atoms with van der Waals surface area (Å²) in [4.78, 5) is 0.331. The predicted molar refractivity (Wildman–Crippen MR) is 88.7 cm³/mol. The van der Waals surface area contributed by atoms with Gasteiger partial charge in [-0.05, 0) is 32.9 Å². The van der Waals surface area contributed by atoms with E-state index in [1.54, 1.807) is 12.1 Å². The second kappa shape index (κ2) is 8.60. The summed E-state index contributed by atoms with van der Waals surface area (Å²) in [6.07, 6.45) is 11.2. The van der Waals surface area contributed by atoms with Crippen molar-refractivity contribution < 1.29 is 8.42 Å².